The molecule has 0 aliphatic rings. The Labute approximate surface area is 112 Å². The van der Waals surface area contributed by atoms with E-state index in [1.165, 1.54) is 5.56 Å². The highest BCUT2D eigenvalue weighted by atomic mass is 32.1. The van der Waals surface area contributed by atoms with Crippen molar-refractivity contribution in [2.45, 2.75) is 6.61 Å². The molecule has 2 aromatic carbocycles. The van der Waals surface area contributed by atoms with Gasteiger partial charge in [-0.05, 0) is 16.7 Å². The maximum atomic E-state index is 11.0. The molecule has 92 valence electrons. The lowest BCUT2D eigenvalue weighted by molar-refractivity contribution is -0.141. The molecule has 2 aromatic rings. The molecule has 0 radical (unpaired) electrons. The summed E-state index contributed by atoms with van der Waals surface area (Å²) >= 11 is 3.85. The molecule has 0 saturated heterocycles. The van der Waals surface area contributed by atoms with Crippen LogP contribution in [0.2, 0.25) is 0 Å². The molecule has 0 aliphatic heterocycles. The zero-order chi connectivity index (χ0) is 12.8. The summed E-state index contributed by atoms with van der Waals surface area (Å²) in [4.78, 5) is 11.0. The van der Waals surface area contributed by atoms with Gasteiger partial charge < -0.3 is 4.74 Å². The van der Waals surface area contributed by atoms with Gasteiger partial charge in [0.15, 0.2) is 0 Å². The Balaban J connectivity index is 2.04. The van der Waals surface area contributed by atoms with Crippen LogP contribution in [0.1, 0.15) is 5.56 Å². The Bertz CT molecular complexity index is 506. The van der Waals surface area contributed by atoms with Gasteiger partial charge in [-0.15, -0.1) is 0 Å². The molecule has 2 nitrogen and oxygen atoms in total. The van der Waals surface area contributed by atoms with Gasteiger partial charge in [0.25, 0.3) is 0 Å². The van der Waals surface area contributed by atoms with Crippen molar-refractivity contribution in [3.05, 3.63) is 60.2 Å². The van der Waals surface area contributed by atoms with Crippen molar-refractivity contribution in [2.75, 3.05) is 5.75 Å². The molecule has 0 unspecified atom stereocenters. The van der Waals surface area contributed by atoms with Crippen LogP contribution in [-0.4, -0.2) is 11.7 Å². The minimum absolute atomic E-state index is 0.113. The molecule has 0 aromatic heterocycles. The van der Waals surface area contributed by atoms with Crippen LogP contribution in [0.4, 0.5) is 0 Å². The van der Waals surface area contributed by atoms with E-state index in [-0.39, 0.29) is 11.7 Å². The Morgan fingerprint density at radius 3 is 2.17 bits per heavy atom. The molecule has 0 heterocycles. The third kappa shape index (κ3) is 3.37. The van der Waals surface area contributed by atoms with Crippen LogP contribution < -0.4 is 0 Å². The van der Waals surface area contributed by atoms with Crippen LogP contribution >= 0.6 is 12.6 Å². The average molecular weight is 258 g/mol. The van der Waals surface area contributed by atoms with Gasteiger partial charge in [0.1, 0.15) is 6.61 Å². The quantitative estimate of drug-likeness (QED) is 0.672. The molecule has 0 amide bonds. The smallest absolute Gasteiger partial charge is 0.315 e. The second-order valence-electron chi connectivity index (χ2n) is 3.88. The molecule has 2 rings (SSSR count). The number of carbonyl (C=O) groups is 1. The van der Waals surface area contributed by atoms with Gasteiger partial charge in [-0.3, -0.25) is 4.79 Å². The minimum atomic E-state index is -0.300. The second-order valence-corrected chi connectivity index (χ2v) is 4.20. The van der Waals surface area contributed by atoms with Gasteiger partial charge in [-0.1, -0.05) is 54.6 Å². The average Bonchev–Trinajstić information content (AvgIpc) is 2.46. The summed E-state index contributed by atoms with van der Waals surface area (Å²) in [6.45, 7) is 0.300. The van der Waals surface area contributed by atoms with Crippen LogP contribution in [-0.2, 0) is 16.1 Å². The Hall–Kier alpha value is -1.74. The maximum Gasteiger partial charge on any atom is 0.315 e. The van der Waals surface area contributed by atoms with E-state index in [4.69, 9.17) is 4.74 Å². The number of thiol groups is 1. The number of esters is 1. The van der Waals surface area contributed by atoms with Crippen molar-refractivity contribution in [3.63, 3.8) is 0 Å². The Morgan fingerprint density at radius 1 is 0.944 bits per heavy atom. The SMILES string of the molecule is O=C(CS)OCc1ccc(-c2ccccc2)cc1. The first kappa shape index (κ1) is 12.7. The summed E-state index contributed by atoms with van der Waals surface area (Å²) in [5, 5.41) is 0. The van der Waals surface area contributed by atoms with Crippen LogP contribution in [0.3, 0.4) is 0 Å². The summed E-state index contributed by atoms with van der Waals surface area (Å²) in [5.74, 6) is -0.187. The molecule has 0 N–H and O–H groups in total. The highest BCUT2D eigenvalue weighted by Gasteiger charge is 2.01. The normalized spacial score (nSPS) is 10.1. The van der Waals surface area contributed by atoms with E-state index in [1.807, 2.05) is 42.5 Å². The highest BCUT2D eigenvalue weighted by molar-refractivity contribution is 7.81. The van der Waals surface area contributed by atoms with Crippen LogP contribution in [0.25, 0.3) is 11.1 Å². The highest BCUT2D eigenvalue weighted by Crippen LogP contribution is 2.19. The van der Waals surface area contributed by atoms with Crippen molar-refractivity contribution in [3.8, 4) is 11.1 Å². The maximum absolute atomic E-state index is 11.0. The standard InChI is InChI=1S/C15H14O2S/c16-15(11-18)17-10-12-6-8-14(9-7-12)13-4-2-1-3-5-13/h1-9,18H,10-11H2. The summed E-state index contributed by atoms with van der Waals surface area (Å²) < 4.78 is 5.01. The monoisotopic (exact) mass is 258 g/mol. The van der Waals surface area contributed by atoms with Gasteiger partial charge in [0, 0.05) is 0 Å². The third-order valence-electron chi connectivity index (χ3n) is 2.59. The van der Waals surface area contributed by atoms with E-state index < -0.39 is 0 Å². The lowest BCUT2D eigenvalue weighted by Crippen LogP contribution is -2.05. The van der Waals surface area contributed by atoms with E-state index in [0.717, 1.165) is 11.1 Å². The largest absolute Gasteiger partial charge is 0.460 e. The van der Waals surface area contributed by atoms with Crippen molar-refractivity contribution in [2.24, 2.45) is 0 Å². The first-order valence-corrected chi connectivity index (χ1v) is 6.33. The Kier molecular flexibility index (Phi) is 4.42. The van der Waals surface area contributed by atoms with E-state index in [1.54, 1.807) is 0 Å². The van der Waals surface area contributed by atoms with E-state index in [2.05, 4.69) is 24.8 Å². The molecular weight excluding hydrogens is 244 g/mol. The summed E-state index contributed by atoms with van der Waals surface area (Å²) in [7, 11) is 0. The summed E-state index contributed by atoms with van der Waals surface area (Å²) in [5.41, 5.74) is 3.31. The molecule has 0 atom stereocenters. The number of rotatable bonds is 4. The fourth-order valence-electron chi connectivity index (χ4n) is 1.63. The zero-order valence-corrected chi connectivity index (χ0v) is 10.8. The Morgan fingerprint density at radius 2 is 1.56 bits per heavy atom. The van der Waals surface area contributed by atoms with Gasteiger partial charge in [-0.25, -0.2) is 0 Å². The molecule has 0 saturated carbocycles. The molecule has 0 fully saturated rings. The molecule has 0 spiro atoms. The predicted octanol–water partition coefficient (Wildman–Crippen LogP) is 3.33. The van der Waals surface area contributed by atoms with Gasteiger partial charge in [-0.2, -0.15) is 12.6 Å². The van der Waals surface area contributed by atoms with Gasteiger partial charge >= 0.3 is 5.97 Å². The fourth-order valence-corrected chi connectivity index (χ4v) is 1.72. The lowest BCUT2D eigenvalue weighted by atomic mass is 10.0. The molecule has 18 heavy (non-hydrogen) atoms. The zero-order valence-electron chi connectivity index (χ0n) is 9.87. The van der Waals surface area contributed by atoms with Crippen LogP contribution in [0, 0.1) is 0 Å². The molecule has 3 heteroatoms. The summed E-state index contributed by atoms with van der Waals surface area (Å²) in [6.07, 6.45) is 0. The second kappa shape index (κ2) is 6.26. The van der Waals surface area contributed by atoms with E-state index in [9.17, 15) is 4.79 Å². The topological polar surface area (TPSA) is 26.3 Å². The number of ether oxygens (including phenoxy) is 1. The van der Waals surface area contributed by atoms with Crippen molar-refractivity contribution >= 4 is 18.6 Å². The first-order valence-electron chi connectivity index (χ1n) is 5.70. The minimum Gasteiger partial charge on any atom is -0.460 e. The van der Waals surface area contributed by atoms with Gasteiger partial charge in [0.05, 0.1) is 5.75 Å². The van der Waals surface area contributed by atoms with Crippen molar-refractivity contribution < 1.29 is 9.53 Å². The molecule has 0 aliphatic carbocycles. The fraction of sp³-hybridized carbons (Fsp3) is 0.133. The number of benzene rings is 2. The lowest BCUT2D eigenvalue weighted by Gasteiger charge is -2.05. The van der Waals surface area contributed by atoms with Crippen molar-refractivity contribution in [1.29, 1.82) is 0 Å². The third-order valence-corrected chi connectivity index (χ3v) is 2.85. The van der Waals surface area contributed by atoms with E-state index >= 15 is 0 Å². The number of hydrogen-bond donors (Lipinski definition) is 1. The summed E-state index contributed by atoms with van der Waals surface area (Å²) in [6, 6.07) is 18.1. The predicted molar refractivity (Wildman–Crippen MR) is 75.5 cm³/mol. The number of hydrogen-bond acceptors (Lipinski definition) is 3. The van der Waals surface area contributed by atoms with Gasteiger partial charge in [0.2, 0.25) is 0 Å². The van der Waals surface area contributed by atoms with E-state index in [0.29, 0.717) is 6.61 Å². The van der Waals surface area contributed by atoms with Crippen molar-refractivity contribution in [1.82, 2.24) is 0 Å². The first-order chi connectivity index (χ1) is 8.79. The van der Waals surface area contributed by atoms with Crippen LogP contribution in [0.5, 0.6) is 0 Å². The number of carbonyl (C=O) groups excluding carboxylic acids is 1. The molecular formula is C15H14O2S. The molecule has 0 bridgehead atoms. The van der Waals surface area contributed by atoms with Crippen LogP contribution in [0.15, 0.2) is 54.6 Å².